The largest absolute Gasteiger partial charge is 0.324 e. The number of thioether (sulfide) groups is 1. The second kappa shape index (κ2) is 8.32. The van der Waals surface area contributed by atoms with E-state index in [0.717, 1.165) is 31.2 Å². The van der Waals surface area contributed by atoms with Crippen LogP contribution in [0.3, 0.4) is 0 Å². The van der Waals surface area contributed by atoms with E-state index in [4.69, 9.17) is 11.6 Å². The molecule has 1 unspecified atom stereocenters. The monoisotopic (exact) mass is 423 g/mol. The maximum Gasteiger partial charge on any atom is 0.289 e. The zero-order valence-corrected chi connectivity index (χ0v) is 15.6. The van der Waals surface area contributed by atoms with Gasteiger partial charge in [-0.1, -0.05) is 29.4 Å². The van der Waals surface area contributed by atoms with Crippen LogP contribution in [-0.4, -0.2) is 25.3 Å². The fraction of sp³-hybridized carbons (Fsp3) is 0.188. The molecule has 0 saturated heterocycles. The number of rotatable bonds is 6. The molecule has 0 fully saturated rings. The van der Waals surface area contributed by atoms with E-state index >= 15 is 0 Å². The van der Waals surface area contributed by atoms with Gasteiger partial charge in [-0.05, 0) is 43.3 Å². The van der Waals surface area contributed by atoms with Gasteiger partial charge >= 0.3 is 0 Å². The van der Waals surface area contributed by atoms with Gasteiger partial charge in [0.15, 0.2) is 9.84 Å². The van der Waals surface area contributed by atoms with Crippen molar-refractivity contribution in [3.8, 4) is 0 Å². The van der Waals surface area contributed by atoms with Crippen LogP contribution in [0.4, 0.5) is 18.9 Å². The number of hydrogen-bond acceptors (Lipinski definition) is 4. The van der Waals surface area contributed by atoms with Crippen molar-refractivity contribution in [3.63, 3.8) is 0 Å². The fourth-order valence-corrected chi connectivity index (χ4v) is 4.20. The van der Waals surface area contributed by atoms with E-state index in [1.165, 1.54) is 18.2 Å². The highest BCUT2D eigenvalue weighted by Crippen LogP contribution is 2.37. The number of hydrogen-bond donors (Lipinski definition) is 1. The summed E-state index contributed by atoms with van der Waals surface area (Å²) in [5.74, 6) is -4.31. The molecule has 0 aliphatic heterocycles. The Kier molecular flexibility index (Phi) is 6.59. The summed E-state index contributed by atoms with van der Waals surface area (Å²) in [5.41, 5.74) is -0.0195. The molecule has 0 bridgehead atoms. The number of nitrogens with one attached hydrogen (secondary N) is 1. The van der Waals surface area contributed by atoms with Crippen molar-refractivity contribution in [2.24, 2.45) is 0 Å². The molecule has 1 atom stereocenters. The predicted octanol–water partition coefficient (Wildman–Crippen LogP) is 4.59. The Balaban J connectivity index is 2.27. The minimum atomic E-state index is -4.09. The average molecular weight is 424 g/mol. The number of amides is 1. The van der Waals surface area contributed by atoms with Gasteiger partial charge in [-0.2, -0.15) is 8.78 Å². The number of halogens is 4. The van der Waals surface area contributed by atoms with E-state index < -0.39 is 32.6 Å². The molecule has 2 rings (SSSR count). The van der Waals surface area contributed by atoms with Crippen LogP contribution < -0.4 is 5.32 Å². The number of carbonyl (C=O) groups is 1. The first-order valence-electron chi connectivity index (χ1n) is 7.16. The Morgan fingerprint density at radius 3 is 2.35 bits per heavy atom. The molecule has 2 aromatic rings. The lowest BCUT2D eigenvalue weighted by molar-refractivity contribution is -0.115. The van der Waals surface area contributed by atoms with Crippen molar-refractivity contribution < 1.29 is 26.4 Å². The average Bonchev–Trinajstić information content (AvgIpc) is 2.57. The van der Waals surface area contributed by atoms with Crippen molar-refractivity contribution in [2.75, 3.05) is 5.32 Å². The third-order valence-corrected chi connectivity index (χ3v) is 6.76. The van der Waals surface area contributed by atoms with Gasteiger partial charge in [0.1, 0.15) is 11.1 Å². The summed E-state index contributed by atoms with van der Waals surface area (Å²) in [6.45, 7) is 1.15. The van der Waals surface area contributed by atoms with Crippen molar-refractivity contribution in [1.82, 2.24) is 0 Å². The summed E-state index contributed by atoms with van der Waals surface area (Å²) in [7, 11) is -4.09. The van der Waals surface area contributed by atoms with Gasteiger partial charge in [0.05, 0.1) is 20.5 Å². The van der Waals surface area contributed by atoms with Crippen molar-refractivity contribution in [3.05, 3.63) is 53.3 Å². The first-order chi connectivity index (χ1) is 12.1. The molecule has 140 valence electrons. The van der Waals surface area contributed by atoms with Gasteiger partial charge in [0.25, 0.3) is 5.76 Å². The maximum atomic E-state index is 13.0. The van der Waals surface area contributed by atoms with Gasteiger partial charge in [-0.15, -0.1) is 0 Å². The Bertz CT molecular complexity index is 905. The van der Waals surface area contributed by atoms with Crippen LogP contribution >= 0.6 is 23.4 Å². The highest BCUT2D eigenvalue weighted by Gasteiger charge is 2.30. The Morgan fingerprint density at radius 2 is 1.77 bits per heavy atom. The van der Waals surface area contributed by atoms with Crippen LogP contribution in [0.25, 0.3) is 0 Å². The molecule has 0 radical (unpaired) electrons. The SMILES string of the molecule is CC(C(=O)Nc1cccc(Cl)c1SC(F)F)S(=O)(=O)c1ccc(F)cc1. The summed E-state index contributed by atoms with van der Waals surface area (Å²) in [6.07, 6.45) is 0. The van der Waals surface area contributed by atoms with Gasteiger partial charge in [0, 0.05) is 0 Å². The van der Waals surface area contributed by atoms with Crippen LogP contribution in [0.1, 0.15) is 6.92 Å². The molecule has 26 heavy (non-hydrogen) atoms. The minimum Gasteiger partial charge on any atom is -0.324 e. The Morgan fingerprint density at radius 1 is 1.15 bits per heavy atom. The van der Waals surface area contributed by atoms with E-state index in [1.54, 1.807) is 0 Å². The smallest absolute Gasteiger partial charge is 0.289 e. The molecule has 0 heterocycles. The molecule has 1 amide bonds. The van der Waals surface area contributed by atoms with Crippen molar-refractivity contribution in [1.29, 1.82) is 0 Å². The predicted molar refractivity (Wildman–Crippen MR) is 95.0 cm³/mol. The quantitative estimate of drug-likeness (QED) is 0.545. The zero-order chi connectivity index (χ0) is 19.5. The molecular weight excluding hydrogens is 411 g/mol. The molecule has 4 nitrogen and oxygen atoms in total. The molecule has 2 aromatic carbocycles. The van der Waals surface area contributed by atoms with Crippen LogP contribution in [0.15, 0.2) is 52.3 Å². The molecular formula is C16H13ClF3NO3S2. The van der Waals surface area contributed by atoms with E-state index in [9.17, 15) is 26.4 Å². The Labute approximate surface area is 157 Å². The molecule has 0 aromatic heterocycles. The summed E-state index contributed by atoms with van der Waals surface area (Å²) in [5, 5.41) is 0.784. The van der Waals surface area contributed by atoms with Crippen LogP contribution in [-0.2, 0) is 14.6 Å². The van der Waals surface area contributed by atoms with Crippen LogP contribution in [0, 0.1) is 5.82 Å². The van der Waals surface area contributed by atoms with Crippen LogP contribution in [0.2, 0.25) is 5.02 Å². The lowest BCUT2D eigenvalue weighted by Gasteiger charge is -2.16. The first kappa shape index (κ1) is 20.6. The molecule has 10 heteroatoms. The fourth-order valence-electron chi connectivity index (χ4n) is 2.02. The summed E-state index contributed by atoms with van der Waals surface area (Å²) in [4.78, 5) is 12.1. The first-order valence-corrected chi connectivity index (χ1v) is 9.97. The van der Waals surface area contributed by atoms with E-state index in [1.807, 2.05) is 0 Å². The van der Waals surface area contributed by atoms with E-state index in [2.05, 4.69) is 5.32 Å². The highest BCUT2D eigenvalue weighted by molar-refractivity contribution is 7.99. The standard InChI is InChI=1S/C16H13ClF3NO3S2/c1-9(26(23,24)11-7-5-10(18)6-8-11)15(22)21-13-4-2-3-12(17)14(13)25-16(19)20/h2-9,16H,1H3,(H,21,22). The summed E-state index contributed by atoms with van der Waals surface area (Å²) < 4.78 is 63.3. The second-order valence-corrected chi connectivity index (χ2v) is 8.80. The lowest BCUT2D eigenvalue weighted by atomic mass is 10.3. The molecule has 0 aliphatic carbocycles. The summed E-state index contributed by atoms with van der Waals surface area (Å²) >= 11 is 6.02. The van der Waals surface area contributed by atoms with Gasteiger partial charge in [0.2, 0.25) is 5.91 Å². The van der Waals surface area contributed by atoms with Gasteiger partial charge in [-0.3, -0.25) is 4.79 Å². The molecule has 0 saturated carbocycles. The zero-order valence-electron chi connectivity index (χ0n) is 13.2. The third-order valence-electron chi connectivity index (χ3n) is 3.41. The van der Waals surface area contributed by atoms with Gasteiger partial charge < -0.3 is 5.32 Å². The van der Waals surface area contributed by atoms with E-state index in [0.29, 0.717) is 0 Å². The van der Waals surface area contributed by atoms with Crippen molar-refractivity contribution >= 4 is 44.8 Å². The summed E-state index contributed by atoms with van der Waals surface area (Å²) in [6, 6.07) is 8.18. The van der Waals surface area contributed by atoms with Crippen LogP contribution in [0.5, 0.6) is 0 Å². The second-order valence-electron chi connectivity index (χ2n) is 5.13. The lowest BCUT2D eigenvalue weighted by Crippen LogP contribution is -2.32. The van der Waals surface area contributed by atoms with Gasteiger partial charge in [-0.25, -0.2) is 12.8 Å². The number of carbonyl (C=O) groups excluding carboxylic acids is 1. The number of benzene rings is 2. The third kappa shape index (κ3) is 4.72. The number of anilines is 1. The molecule has 1 N–H and O–H groups in total. The number of sulfone groups is 1. The molecule has 0 spiro atoms. The van der Waals surface area contributed by atoms with Crippen molar-refractivity contribution in [2.45, 2.75) is 27.7 Å². The highest BCUT2D eigenvalue weighted by atomic mass is 35.5. The topological polar surface area (TPSA) is 63.2 Å². The van der Waals surface area contributed by atoms with E-state index in [-0.39, 0.29) is 32.3 Å². The maximum absolute atomic E-state index is 13.0. The molecule has 0 aliphatic rings. The minimum absolute atomic E-state index is 0.00199. The number of alkyl halides is 2. The Hall–Kier alpha value is -1.71. The normalized spacial score (nSPS) is 12.8.